The number of benzene rings is 2. The van der Waals surface area contributed by atoms with E-state index in [-0.39, 0.29) is 5.78 Å². The Bertz CT molecular complexity index is 787. The number of halogens is 1. The average Bonchev–Trinajstić information content (AvgIpc) is 2.77. The average molecular weight is 330 g/mol. The van der Waals surface area contributed by atoms with Gasteiger partial charge in [0.2, 0.25) is 0 Å². The van der Waals surface area contributed by atoms with Crippen LogP contribution in [0.25, 0.3) is 0 Å². The molecule has 0 aliphatic carbocycles. The molecular formula is C18H16ClNO3. The monoisotopic (exact) mass is 329 g/mol. The Labute approximate surface area is 139 Å². The summed E-state index contributed by atoms with van der Waals surface area (Å²) in [4.78, 5) is 26.7. The van der Waals surface area contributed by atoms with E-state index in [2.05, 4.69) is 0 Å². The van der Waals surface area contributed by atoms with Gasteiger partial charge in [0.15, 0.2) is 11.4 Å². The topological polar surface area (TPSA) is 57.6 Å². The number of carbonyl (C=O) groups is 2. The van der Waals surface area contributed by atoms with E-state index in [9.17, 15) is 14.7 Å². The molecule has 0 radical (unpaired) electrons. The van der Waals surface area contributed by atoms with Crippen molar-refractivity contribution in [2.75, 3.05) is 11.9 Å². The zero-order valence-corrected chi connectivity index (χ0v) is 13.5. The van der Waals surface area contributed by atoms with E-state index in [1.54, 1.807) is 62.5 Å². The van der Waals surface area contributed by atoms with Crippen LogP contribution in [0.4, 0.5) is 5.69 Å². The van der Waals surface area contributed by atoms with Gasteiger partial charge in [-0.2, -0.15) is 0 Å². The molecule has 2 atom stereocenters. The van der Waals surface area contributed by atoms with E-state index >= 15 is 0 Å². The normalized spacial score (nSPS) is 21.2. The highest BCUT2D eigenvalue weighted by Crippen LogP contribution is 2.44. The van der Waals surface area contributed by atoms with Crippen molar-refractivity contribution in [2.24, 2.45) is 5.92 Å². The van der Waals surface area contributed by atoms with Crippen LogP contribution in [-0.4, -0.2) is 23.8 Å². The molecule has 1 aliphatic heterocycles. The summed E-state index contributed by atoms with van der Waals surface area (Å²) >= 11 is 5.84. The minimum Gasteiger partial charge on any atom is -0.375 e. The van der Waals surface area contributed by atoms with Crippen LogP contribution < -0.4 is 4.90 Å². The number of hydrogen-bond acceptors (Lipinski definition) is 3. The molecule has 118 valence electrons. The molecule has 3 rings (SSSR count). The summed E-state index contributed by atoms with van der Waals surface area (Å²) in [5.74, 6) is -1.71. The third-order valence-electron chi connectivity index (χ3n) is 4.46. The number of anilines is 1. The molecule has 0 spiro atoms. The number of hydrogen-bond donors (Lipinski definition) is 1. The lowest BCUT2D eigenvalue weighted by Crippen LogP contribution is -2.46. The molecule has 2 aromatic carbocycles. The van der Waals surface area contributed by atoms with Gasteiger partial charge in [-0.15, -0.1) is 0 Å². The molecule has 0 saturated heterocycles. The van der Waals surface area contributed by atoms with Crippen molar-refractivity contribution in [3.63, 3.8) is 0 Å². The number of fused-ring (bicyclic) bond motifs is 1. The molecule has 5 heteroatoms. The number of aliphatic hydroxyl groups is 1. The molecule has 0 fully saturated rings. The zero-order chi connectivity index (χ0) is 16.8. The summed E-state index contributed by atoms with van der Waals surface area (Å²) in [5, 5.41) is 11.6. The lowest BCUT2D eigenvalue weighted by atomic mass is 9.79. The van der Waals surface area contributed by atoms with Gasteiger partial charge < -0.3 is 10.0 Å². The van der Waals surface area contributed by atoms with Crippen LogP contribution in [0, 0.1) is 5.92 Å². The number of carbonyl (C=O) groups excluding carboxylic acids is 2. The van der Waals surface area contributed by atoms with E-state index in [0.717, 1.165) is 0 Å². The van der Waals surface area contributed by atoms with Crippen molar-refractivity contribution in [1.29, 1.82) is 0 Å². The van der Waals surface area contributed by atoms with E-state index < -0.39 is 17.4 Å². The SMILES string of the molecule is C[C@@H](C(=O)c1ccc(Cl)cc1)[C@]1(O)C(=O)N(C)c2ccccc21. The maximum absolute atomic E-state index is 12.7. The van der Waals surface area contributed by atoms with Crippen LogP contribution in [0.15, 0.2) is 48.5 Å². The number of Topliss-reactive ketones (excluding diaryl/α,β-unsaturated/α-hetero) is 1. The Morgan fingerprint density at radius 2 is 1.78 bits per heavy atom. The Morgan fingerprint density at radius 1 is 1.17 bits per heavy atom. The molecule has 0 aromatic heterocycles. The van der Waals surface area contributed by atoms with Crippen LogP contribution in [0.2, 0.25) is 5.02 Å². The lowest BCUT2D eigenvalue weighted by molar-refractivity contribution is -0.139. The van der Waals surface area contributed by atoms with Crippen molar-refractivity contribution in [1.82, 2.24) is 0 Å². The Balaban J connectivity index is 2.04. The molecule has 1 aliphatic rings. The van der Waals surface area contributed by atoms with Gasteiger partial charge in [0, 0.05) is 23.2 Å². The van der Waals surface area contributed by atoms with Crippen molar-refractivity contribution in [2.45, 2.75) is 12.5 Å². The largest absolute Gasteiger partial charge is 0.375 e. The molecule has 0 bridgehead atoms. The van der Waals surface area contributed by atoms with Crippen LogP contribution in [-0.2, 0) is 10.4 Å². The van der Waals surface area contributed by atoms with Crippen LogP contribution in [0.5, 0.6) is 0 Å². The summed E-state index contributed by atoms with van der Waals surface area (Å²) in [6, 6.07) is 13.4. The summed E-state index contributed by atoms with van der Waals surface area (Å²) in [6.45, 7) is 1.57. The number of nitrogens with zero attached hydrogens (tertiary/aromatic N) is 1. The fraction of sp³-hybridized carbons (Fsp3) is 0.222. The van der Waals surface area contributed by atoms with Gasteiger partial charge in [0.1, 0.15) is 0 Å². The Hall–Kier alpha value is -2.17. The summed E-state index contributed by atoms with van der Waals surface area (Å²) in [7, 11) is 1.60. The molecular weight excluding hydrogens is 314 g/mol. The van der Waals surface area contributed by atoms with Gasteiger partial charge in [0.05, 0.1) is 11.6 Å². The minimum atomic E-state index is -1.86. The number of rotatable bonds is 3. The highest BCUT2D eigenvalue weighted by Gasteiger charge is 2.54. The first-order chi connectivity index (χ1) is 10.9. The van der Waals surface area contributed by atoms with Crippen LogP contribution in [0.3, 0.4) is 0 Å². The predicted molar refractivity (Wildman–Crippen MR) is 88.7 cm³/mol. The van der Waals surface area contributed by atoms with Crippen LogP contribution >= 0.6 is 11.6 Å². The fourth-order valence-corrected chi connectivity index (χ4v) is 3.17. The molecule has 4 nitrogen and oxygen atoms in total. The van der Waals surface area contributed by atoms with Gasteiger partial charge in [0.25, 0.3) is 5.91 Å². The van der Waals surface area contributed by atoms with E-state index in [4.69, 9.17) is 11.6 Å². The third kappa shape index (κ3) is 2.26. The third-order valence-corrected chi connectivity index (χ3v) is 4.71. The van der Waals surface area contributed by atoms with Crippen molar-refractivity contribution >= 4 is 29.0 Å². The first-order valence-corrected chi connectivity index (χ1v) is 7.65. The molecule has 1 N–H and O–H groups in total. The highest BCUT2D eigenvalue weighted by molar-refractivity contribution is 6.30. The molecule has 2 aromatic rings. The highest BCUT2D eigenvalue weighted by atomic mass is 35.5. The Morgan fingerprint density at radius 3 is 2.43 bits per heavy atom. The first-order valence-electron chi connectivity index (χ1n) is 7.27. The summed E-state index contributed by atoms with van der Waals surface area (Å²) < 4.78 is 0. The zero-order valence-electron chi connectivity index (χ0n) is 12.8. The van der Waals surface area contributed by atoms with E-state index in [1.807, 2.05) is 0 Å². The number of likely N-dealkylation sites (N-methyl/N-ethyl adjacent to an activating group) is 1. The van der Waals surface area contributed by atoms with Gasteiger partial charge in [-0.3, -0.25) is 9.59 Å². The van der Waals surface area contributed by atoms with E-state index in [0.29, 0.717) is 21.8 Å². The summed E-state index contributed by atoms with van der Waals surface area (Å²) in [6.07, 6.45) is 0. The Kier molecular flexibility index (Phi) is 3.74. The smallest absolute Gasteiger partial charge is 0.264 e. The molecule has 1 amide bonds. The maximum Gasteiger partial charge on any atom is 0.264 e. The van der Waals surface area contributed by atoms with Crippen molar-refractivity contribution in [3.8, 4) is 0 Å². The van der Waals surface area contributed by atoms with Gasteiger partial charge in [-0.05, 0) is 30.3 Å². The molecule has 0 saturated carbocycles. The van der Waals surface area contributed by atoms with E-state index in [1.165, 1.54) is 4.90 Å². The van der Waals surface area contributed by atoms with Crippen molar-refractivity contribution in [3.05, 3.63) is 64.7 Å². The molecule has 23 heavy (non-hydrogen) atoms. The number of amides is 1. The summed E-state index contributed by atoms with van der Waals surface area (Å²) in [5.41, 5.74) is -0.365. The van der Waals surface area contributed by atoms with Gasteiger partial charge in [-0.1, -0.05) is 36.7 Å². The second-order valence-electron chi connectivity index (χ2n) is 5.74. The number of ketones is 1. The number of para-hydroxylation sites is 1. The van der Waals surface area contributed by atoms with Crippen molar-refractivity contribution < 1.29 is 14.7 Å². The lowest BCUT2D eigenvalue weighted by Gasteiger charge is -2.28. The first kappa shape index (κ1) is 15.7. The predicted octanol–water partition coefficient (Wildman–Crippen LogP) is 3.02. The van der Waals surface area contributed by atoms with Gasteiger partial charge >= 0.3 is 0 Å². The van der Waals surface area contributed by atoms with Gasteiger partial charge in [-0.25, -0.2) is 0 Å². The standard InChI is InChI=1S/C18H16ClNO3/c1-11(16(21)12-7-9-13(19)10-8-12)18(23)14-5-3-4-6-15(14)20(2)17(18)22/h3-11,23H,1-2H3/t11-,18+/m0/s1. The minimum absolute atomic E-state index is 0.303. The second kappa shape index (κ2) is 5.48. The molecule has 1 heterocycles. The second-order valence-corrected chi connectivity index (χ2v) is 6.18. The quantitative estimate of drug-likeness (QED) is 0.881. The van der Waals surface area contributed by atoms with Crippen LogP contribution in [0.1, 0.15) is 22.8 Å². The molecule has 0 unspecified atom stereocenters. The maximum atomic E-state index is 12.7. The fourth-order valence-electron chi connectivity index (χ4n) is 3.04.